The summed E-state index contributed by atoms with van der Waals surface area (Å²) in [5.74, 6) is 0.868. The van der Waals surface area contributed by atoms with Gasteiger partial charge in [0.2, 0.25) is 5.95 Å². The van der Waals surface area contributed by atoms with Crippen molar-refractivity contribution in [1.82, 2.24) is 19.7 Å². The number of rotatable bonds is 2. The standard InChI is InChI=1S/C17H29N5O/c1-12(2)13-17(8-6-7-9-17)10-21(13)15(23)19-14-18-11-22(20-14)16(3,4)5/h11-13H,6-10H2,1-5H3,(H,19,20,23)/t13-/m1/s1. The second kappa shape index (κ2) is 5.49. The maximum atomic E-state index is 12.6. The van der Waals surface area contributed by atoms with Crippen LogP contribution in [0.5, 0.6) is 0 Å². The number of anilines is 1. The van der Waals surface area contributed by atoms with E-state index in [0.29, 0.717) is 23.3 Å². The molecule has 1 spiro atoms. The lowest BCUT2D eigenvalue weighted by molar-refractivity contribution is -0.0579. The van der Waals surface area contributed by atoms with Crippen LogP contribution in [0.4, 0.5) is 10.7 Å². The molecule has 6 heteroatoms. The zero-order chi connectivity index (χ0) is 16.8. The van der Waals surface area contributed by atoms with Gasteiger partial charge in [-0.2, -0.15) is 0 Å². The van der Waals surface area contributed by atoms with E-state index in [-0.39, 0.29) is 11.6 Å². The molecule has 2 aliphatic rings. The molecule has 2 amide bonds. The Morgan fingerprint density at radius 2 is 2.00 bits per heavy atom. The van der Waals surface area contributed by atoms with Crippen molar-refractivity contribution in [1.29, 1.82) is 0 Å². The largest absolute Gasteiger partial charge is 0.324 e. The number of hydrogen-bond acceptors (Lipinski definition) is 3. The Hall–Kier alpha value is -1.59. The number of aromatic nitrogens is 3. The van der Waals surface area contributed by atoms with Gasteiger partial charge in [0.15, 0.2) is 0 Å². The fourth-order valence-corrected chi connectivity index (χ4v) is 4.36. The van der Waals surface area contributed by atoms with E-state index in [4.69, 9.17) is 0 Å². The molecular weight excluding hydrogens is 290 g/mol. The van der Waals surface area contributed by atoms with Gasteiger partial charge in [0, 0.05) is 18.0 Å². The van der Waals surface area contributed by atoms with Crippen LogP contribution in [0.3, 0.4) is 0 Å². The molecule has 1 atom stereocenters. The molecule has 1 saturated carbocycles. The lowest BCUT2D eigenvalue weighted by atomic mass is 9.66. The van der Waals surface area contributed by atoms with Gasteiger partial charge >= 0.3 is 6.03 Å². The second-order valence-corrected chi connectivity index (χ2v) is 8.50. The number of nitrogens with one attached hydrogen (secondary N) is 1. The first-order chi connectivity index (χ1) is 10.7. The fourth-order valence-electron chi connectivity index (χ4n) is 4.36. The van der Waals surface area contributed by atoms with Crippen LogP contribution >= 0.6 is 0 Å². The molecule has 1 N–H and O–H groups in total. The summed E-state index contributed by atoms with van der Waals surface area (Å²) in [5, 5.41) is 7.24. The number of carbonyl (C=O) groups excluding carboxylic acids is 1. The zero-order valence-corrected chi connectivity index (χ0v) is 15.0. The van der Waals surface area contributed by atoms with Crippen LogP contribution in [0.25, 0.3) is 0 Å². The third kappa shape index (κ3) is 2.83. The highest BCUT2D eigenvalue weighted by atomic mass is 16.2. The van der Waals surface area contributed by atoms with Crippen LogP contribution in [0.15, 0.2) is 6.33 Å². The highest BCUT2D eigenvalue weighted by Gasteiger charge is 2.56. The van der Waals surface area contributed by atoms with E-state index in [1.165, 1.54) is 25.7 Å². The van der Waals surface area contributed by atoms with Gasteiger partial charge in [-0.1, -0.05) is 26.7 Å². The Balaban J connectivity index is 1.68. The second-order valence-electron chi connectivity index (χ2n) is 8.50. The molecule has 23 heavy (non-hydrogen) atoms. The van der Waals surface area contributed by atoms with E-state index < -0.39 is 0 Å². The maximum Gasteiger partial charge on any atom is 0.324 e. The molecule has 1 saturated heterocycles. The third-order valence-corrected chi connectivity index (χ3v) is 5.34. The van der Waals surface area contributed by atoms with Crippen LogP contribution in [-0.4, -0.2) is 38.3 Å². The molecule has 128 valence electrons. The van der Waals surface area contributed by atoms with E-state index in [1.807, 2.05) is 4.90 Å². The Bertz CT molecular complexity index is 580. The van der Waals surface area contributed by atoms with Crippen molar-refractivity contribution in [3.63, 3.8) is 0 Å². The molecule has 1 aliphatic carbocycles. The number of nitrogens with zero attached hydrogens (tertiary/aromatic N) is 4. The third-order valence-electron chi connectivity index (χ3n) is 5.34. The molecule has 0 bridgehead atoms. The van der Waals surface area contributed by atoms with Gasteiger partial charge in [-0.15, -0.1) is 5.10 Å². The van der Waals surface area contributed by atoms with E-state index >= 15 is 0 Å². The molecule has 1 aromatic rings. The predicted octanol–water partition coefficient (Wildman–Crippen LogP) is 3.47. The highest BCUT2D eigenvalue weighted by Crippen LogP contribution is 2.52. The number of hydrogen-bond donors (Lipinski definition) is 1. The molecular formula is C17H29N5O. The lowest BCUT2D eigenvalue weighted by Gasteiger charge is -2.58. The molecule has 0 aromatic carbocycles. The lowest BCUT2D eigenvalue weighted by Crippen LogP contribution is -2.68. The van der Waals surface area contributed by atoms with E-state index in [9.17, 15) is 4.79 Å². The van der Waals surface area contributed by atoms with Gasteiger partial charge in [0.25, 0.3) is 0 Å². The SMILES string of the molecule is CC(C)[C@H]1N(C(=O)Nc2ncn(C(C)(C)C)n2)CC12CCCC2. The quantitative estimate of drug-likeness (QED) is 0.908. The highest BCUT2D eigenvalue weighted by molar-refractivity contribution is 5.88. The summed E-state index contributed by atoms with van der Waals surface area (Å²) in [6.45, 7) is 11.5. The molecule has 1 aromatic heterocycles. The van der Waals surface area contributed by atoms with Gasteiger partial charge in [-0.25, -0.2) is 14.5 Å². The average molecular weight is 319 g/mol. The molecule has 0 radical (unpaired) electrons. The summed E-state index contributed by atoms with van der Waals surface area (Å²) in [4.78, 5) is 18.8. The first kappa shape index (κ1) is 16.3. The summed E-state index contributed by atoms with van der Waals surface area (Å²) in [7, 11) is 0. The van der Waals surface area contributed by atoms with Gasteiger partial charge in [0.05, 0.1) is 5.54 Å². The van der Waals surface area contributed by atoms with Gasteiger partial charge in [-0.3, -0.25) is 5.32 Å². The average Bonchev–Trinajstić information content (AvgIpc) is 3.04. The summed E-state index contributed by atoms with van der Waals surface area (Å²) in [6, 6.07) is 0.280. The summed E-state index contributed by atoms with van der Waals surface area (Å²) >= 11 is 0. The van der Waals surface area contributed by atoms with E-state index in [2.05, 4.69) is 50.0 Å². The predicted molar refractivity (Wildman–Crippen MR) is 90.3 cm³/mol. The Morgan fingerprint density at radius 3 is 2.52 bits per heavy atom. The molecule has 6 nitrogen and oxygen atoms in total. The molecule has 2 heterocycles. The Morgan fingerprint density at radius 1 is 1.35 bits per heavy atom. The molecule has 2 fully saturated rings. The van der Waals surface area contributed by atoms with Crippen molar-refractivity contribution in [2.75, 3.05) is 11.9 Å². The van der Waals surface area contributed by atoms with Crippen molar-refractivity contribution in [3.8, 4) is 0 Å². The topological polar surface area (TPSA) is 63.1 Å². The Kier molecular flexibility index (Phi) is 3.89. The normalized spacial score (nSPS) is 23.4. The van der Waals surface area contributed by atoms with Crippen LogP contribution in [-0.2, 0) is 5.54 Å². The van der Waals surface area contributed by atoms with Crippen molar-refractivity contribution >= 4 is 12.0 Å². The van der Waals surface area contributed by atoms with Crippen molar-refractivity contribution in [2.45, 2.75) is 71.9 Å². The van der Waals surface area contributed by atoms with Crippen LogP contribution in [0.2, 0.25) is 0 Å². The van der Waals surface area contributed by atoms with E-state index in [0.717, 1.165) is 6.54 Å². The minimum Gasteiger partial charge on any atom is -0.320 e. The van der Waals surface area contributed by atoms with E-state index in [1.54, 1.807) is 11.0 Å². The maximum absolute atomic E-state index is 12.6. The van der Waals surface area contributed by atoms with Gasteiger partial charge in [0.1, 0.15) is 6.33 Å². The first-order valence-corrected chi connectivity index (χ1v) is 8.73. The van der Waals surface area contributed by atoms with Crippen LogP contribution in [0, 0.1) is 11.3 Å². The number of likely N-dealkylation sites (tertiary alicyclic amines) is 1. The molecule has 3 rings (SSSR count). The number of amides is 2. The van der Waals surface area contributed by atoms with Crippen molar-refractivity contribution in [3.05, 3.63) is 6.33 Å². The van der Waals surface area contributed by atoms with Gasteiger partial charge in [-0.05, 0) is 39.5 Å². The fraction of sp³-hybridized carbons (Fsp3) is 0.824. The number of carbonyl (C=O) groups is 1. The van der Waals surface area contributed by atoms with Gasteiger partial charge < -0.3 is 4.90 Å². The first-order valence-electron chi connectivity index (χ1n) is 8.73. The smallest absolute Gasteiger partial charge is 0.320 e. The van der Waals surface area contributed by atoms with Crippen molar-refractivity contribution < 1.29 is 4.79 Å². The van der Waals surface area contributed by atoms with Crippen molar-refractivity contribution in [2.24, 2.45) is 11.3 Å². The Labute approximate surface area is 138 Å². The zero-order valence-electron chi connectivity index (χ0n) is 15.0. The summed E-state index contributed by atoms with van der Waals surface area (Å²) < 4.78 is 1.77. The minimum atomic E-state index is -0.138. The van der Waals surface area contributed by atoms with Crippen LogP contribution < -0.4 is 5.32 Å². The minimum absolute atomic E-state index is 0.0621. The van der Waals surface area contributed by atoms with Crippen LogP contribution in [0.1, 0.15) is 60.3 Å². The molecule has 0 unspecified atom stereocenters. The summed E-state index contributed by atoms with van der Waals surface area (Å²) in [6.07, 6.45) is 6.80. The molecule has 1 aliphatic heterocycles. The number of urea groups is 1. The monoisotopic (exact) mass is 319 g/mol. The summed E-state index contributed by atoms with van der Waals surface area (Å²) in [5.41, 5.74) is 0.227.